The van der Waals surface area contributed by atoms with Crippen LogP contribution < -0.4 is 4.74 Å². The van der Waals surface area contributed by atoms with Gasteiger partial charge in [-0.15, -0.1) is 0 Å². The number of methoxy groups -OCH3 is 1. The number of hydrogen-bond donors (Lipinski definition) is 5. The van der Waals surface area contributed by atoms with Gasteiger partial charge in [-0.05, 0) is 58.3 Å². The number of benzene rings is 3. The summed E-state index contributed by atoms with van der Waals surface area (Å²) in [5, 5.41) is 48.9. The zero-order valence-corrected chi connectivity index (χ0v) is 16.2. The third-order valence-corrected chi connectivity index (χ3v) is 4.40. The Balaban J connectivity index is 1.80. The van der Waals surface area contributed by atoms with Crippen molar-refractivity contribution in [1.82, 2.24) is 0 Å². The van der Waals surface area contributed by atoms with E-state index in [0.717, 1.165) is 15.9 Å². The van der Waals surface area contributed by atoms with E-state index in [4.69, 9.17) is 4.74 Å². The van der Waals surface area contributed by atoms with E-state index in [0.29, 0.717) is 16.9 Å². The molecule has 0 heterocycles. The van der Waals surface area contributed by atoms with E-state index in [1.54, 1.807) is 36.4 Å². The average molecular weight is 408 g/mol. The lowest BCUT2D eigenvalue weighted by Crippen LogP contribution is -2.08. The van der Waals surface area contributed by atoms with E-state index < -0.39 is 0 Å². The van der Waals surface area contributed by atoms with Crippen LogP contribution in [0, 0.1) is 0 Å². The lowest BCUT2D eigenvalue weighted by Gasteiger charge is -2.04. The normalized spacial score (nSPS) is 11.7. The molecule has 0 amide bonds. The molecular weight excluding hydrogens is 386 g/mol. The van der Waals surface area contributed by atoms with Gasteiger partial charge in [0, 0.05) is 5.56 Å². The van der Waals surface area contributed by atoms with E-state index >= 15 is 0 Å². The van der Waals surface area contributed by atoms with Crippen molar-refractivity contribution >= 4 is 18.4 Å². The smallest absolute Gasteiger partial charge is 0.226 e. The largest absolute Gasteiger partial charge is 0.507 e. The van der Waals surface area contributed by atoms with Crippen LogP contribution in [0.3, 0.4) is 0 Å². The molecule has 0 radical (unpaired) electrons. The highest BCUT2D eigenvalue weighted by Crippen LogP contribution is 2.27. The highest BCUT2D eigenvalue weighted by atomic mass is 16.5. The topological polar surface area (TPSA) is 113 Å². The van der Waals surface area contributed by atoms with E-state index in [2.05, 4.69) is 0 Å². The number of hydrogen-bond acceptors (Lipinski definition) is 6. The molecule has 0 aromatic heterocycles. The van der Waals surface area contributed by atoms with E-state index in [1.165, 1.54) is 31.5 Å². The summed E-state index contributed by atoms with van der Waals surface area (Å²) in [5.41, 5.74) is 2.56. The molecule has 3 rings (SSSR count). The Bertz CT molecular complexity index is 1120. The number of phenols is 4. The molecule has 3 aromatic carbocycles. The SMILES string of the molecule is COc1cc(/C=C/c2ccc(O)c(/C=[N+](/O)Cc3ccc(O)c(O)c3)c2)ccc1O. The molecule has 0 aliphatic heterocycles. The van der Waals surface area contributed by atoms with Gasteiger partial charge in [0.1, 0.15) is 5.75 Å². The van der Waals surface area contributed by atoms with Gasteiger partial charge in [0.05, 0.1) is 12.7 Å². The van der Waals surface area contributed by atoms with Crippen molar-refractivity contribution in [3.63, 3.8) is 0 Å². The number of ether oxygens (including phenoxy) is 1. The molecule has 30 heavy (non-hydrogen) atoms. The summed E-state index contributed by atoms with van der Waals surface area (Å²) in [5.74, 6) is -0.0994. The second-order valence-electron chi connectivity index (χ2n) is 6.63. The van der Waals surface area contributed by atoms with Crippen molar-refractivity contribution in [2.75, 3.05) is 7.11 Å². The Morgan fingerprint density at radius 3 is 2.07 bits per heavy atom. The number of phenolic OH excluding ortho intramolecular Hbond substituents is 4. The summed E-state index contributed by atoms with van der Waals surface area (Å²) in [6.07, 6.45) is 5.01. The second kappa shape index (κ2) is 8.91. The molecule has 0 aliphatic rings. The average Bonchev–Trinajstić information content (AvgIpc) is 2.72. The van der Waals surface area contributed by atoms with Crippen LogP contribution in [0.2, 0.25) is 0 Å². The third-order valence-electron chi connectivity index (χ3n) is 4.40. The van der Waals surface area contributed by atoms with Crippen molar-refractivity contribution in [3.05, 3.63) is 76.9 Å². The van der Waals surface area contributed by atoms with E-state index in [-0.39, 0.29) is 29.5 Å². The Labute approximate surface area is 173 Å². The molecule has 154 valence electrons. The van der Waals surface area contributed by atoms with Gasteiger partial charge in [0.2, 0.25) is 12.8 Å². The minimum absolute atomic E-state index is 0.00828. The first-order chi connectivity index (χ1) is 14.4. The van der Waals surface area contributed by atoms with E-state index in [9.17, 15) is 25.6 Å². The van der Waals surface area contributed by atoms with Gasteiger partial charge in [0.25, 0.3) is 0 Å². The van der Waals surface area contributed by atoms with Gasteiger partial charge in [0.15, 0.2) is 23.0 Å². The fraction of sp³-hybridized carbons (Fsp3) is 0.0870. The maximum Gasteiger partial charge on any atom is 0.226 e. The molecule has 0 unspecified atom stereocenters. The second-order valence-corrected chi connectivity index (χ2v) is 6.63. The zero-order chi connectivity index (χ0) is 21.7. The standard InChI is InChI=1S/C23H21NO6/c1-30-23-12-16(5-9-21(23)27)3-2-15-4-7-19(25)18(10-15)14-24(29)13-17-6-8-20(26)22(28)11-17/h2-12,14,26-29H,13H2,1H3/p+1/b3-2+. The monoisotopic (exact) mass is 408 g/mol. The van der Waals surface area contributed by atoms with Gasteiger partial charge in [-0.2, -0.15) is 0 Å². The maximum absolute atomic E-state index is 10.2. The predicted molar refractivity (Wildman–Crippen MR) is 112 cm³/mol. The number of rotatable bonds is 6. The third kappa shape index (κ3) is 5.02. The predicted octanol–water partition coefficient (Wildman–Crippen LogP) is 3.71. The molecular formula is C23H22NO6+. The quantitative estimate of drug-likeness (QED) is 0.106. The molecule has 7 heteroatoms. The molecule has 0 bridgehead atoms. The van der Waals surface area contributed by atoms with Crippen molar-refractivity contribution in [1.29, 1.82) is 0 Å². The first-order valence-electron chi connectivity index (χ1n) is 9.05. The van der Waals surface area contributed by atoms with Crippen molar-refractivity contribution in [3.8, 4) is 28.7 Å². The Kier molecular flexibility index (Phi) is 6.12. The van der Waals surface area contributed by atoms with Crippen LogP contribution in [-0.2, 0) is 6.54 Å². The number of aromatic hydroxyl groups is 4. The molecule has 5 N–H and O–H groups in total. The molecule has 0 aliphatic carbocycles. The molecule has 0 saturated carbocycles. The van der Waals surface area contributed by atoms with Gasteiger partial charge >= 0.3 is 0 Å². The zero-order valence-electron chi connectivity index (χ0n) is 16.2. The Morgan fingerprint density at radius 2 is 1.40 bits per heavy atom. The summed E-state index contributed by atoms with van der Waals surface area (Å²) in [4.78, 5) is 0. The van der Waals surface area contributed by atoms with Crippen molar-refractivity contribution in [2.24, 2.45) is 0 Å². The summed E-state index contributed by atoms with van der Waals surface area (Å²) in [6.45, 7) is 0.0423. The number of nitrogens with zero attached hydrogens (tertiary/aromatic N) is 1. The summed E-state index contributed by atoms with van der Waals surface area (Å²) in [7, 11) is 1.48. The van der Waals surface area contributed by atoms with Gasteiger partial charge in [-0.25, -0.2) is 0 Å². The van der Waals surface area contributed by atoms with Gasteiger partial charge in [-0.3, -0.25) is 5.21 Å². The first-order valence-corrected chi connectivity index (χ1v) is 9.05. The number of hydroxylamine groups is 1. The minimum atomic E-state index is -0.276. The van der Waals surface area contributed by atoms with Crippen LogP contribution in [0.15, 0.2) is 54.6 Å². The van der Waals surface area contributed by atoms with Crippen molar-refractivity contribution in [2.45, 2.75) is 6.54 Å². The fourth-order valence-corrected chi connectivity index (χ4v) is 2.83. The van der Waals surface area contributed by atoms with Crippen LogP contribution in [0.1, 0.15) is 22.3 Å². The molecule has 0 spiro atoms. The summed E-state index contributed by atoms with van der Waals surface area (Å²) >= 11 is 0. The summed E-state index contributed by atoms with van der Waals surface area (Å²) < 4.78 is 5.97. The van der Waals surface area contributed by atoms with Crippen molar-refractivity contribution < 1.29 is 35.1 Å². The highest BCUT2D eigenvalue weighted by molar-refractivity contribution is 5.82. The molecule has 0 saturated heterocycles. The van der Waals surface area contributed by atoms with Gasteiger partial charge in [-0.1, -0.05) is 24.3 Å². The fourth-order valence-electron chi connectivity index (χ4n) is 2.83. The van der Waals surface area contributed by atoms with Crippen LogP contribution in [0.5, 0.6) is 28.7 Å². The molecule has 3 aromatic rings. The van der Waals surface area contributed by atoms with E-state index in [1.807, 2.05) is 12.2 Å². The molecule has 0 atom stereocenters. The Hall–Kier alpha value is -4.13. The highest BCUT2D eigenvalue weighted by Gasteiger charge is 2.10. The van der Waals surface area contributed by atoms with Crippen LogP contribution >= 0.6 is 0 Å². The molecule has 0 fully saturated rings. The minimum Gasteiger partial charge on any atom is -0.507 e. The lowest BCUT2D eigenvalue weighted by atomic mass is 10.1. The lowest BCUT2D eigenvalue weighted by molar-refractivity contribution is -0.783. The van der Waals surface area contributed by atoms with Gasteiger partial charge < -0.3 is 25.2 Å². The first kappa shape index (κ1) is 20.6. The van der Waals surface area contributed by atoms with Crippen LogP contribution in [0.4, 0.5) is 0 Å². The Morgan fingerprint density at radius 1 is 0.767 bits per heavy atom. The maximum atomic E-state index is 10.2. The molecule has 7 nitrogen and oxygen atoms in total. The summed E-state index contributed by atoms with van der Waals surface area (Å²) in [6, 6.07) is 14.2. The van der Waals surface area contributed by atoms with Crippen LogP contribution in [0.25, 0.3) is 12.2 Å². The van der Waals surface area contributed by atoms with Crippen LogP contribution in [-0.4, -0.2) is 43.7 Å².